The van der Waals surface area contributed by atoms with Crippen molar-refractivity contribution in [2.24, 2.45) is 5.92 Å². The molecule has 4 nitrogen and oxygen atoms in total. The zero-order chi connectivity index (χ0) is 11.5. The first-order valence-electron chi connectivity index (χ1n) is 6.24. The van der Waals surface area contributed by atoms with Crippen molar-refractivity contribution in [1.82, 2.24) is 15.5 Å². The number of rotatable bonds is 6. The summed E-state index contributed by atoms with van der Waals surface area (Å²) in [5, 5.41) is 7.35. The Morgan fingerprint density at radius 1 is 1.56 bits per heavy atom. The molecule has 1 aromatic heterocycles. The number of hydrogen-bond acceptors (Lipinski definition) is 4. The molecule has 1 saturated carbocycles. The van der Waals surface area contributed by atoms with Crippen LogP contribution in [-0.2, 0) is 6.42 Å². The molecule has 4 heteroatoms. The molecule has 90 valence electrons. The zero-order valence-corrected chi connectivity index (χ0v) is 10.4. The average Bonchev–Trinajstić information content (AvgIpc) is 2.83. The van der Waals surface area contributed by atoms with Crippen LogP contribution in [0.1, 0.15) is 50.7 Å². The number of hydrogen-bond donors (Lipinski definition) is 1. The fourth-order valence-corrected chi connectivity index (χ4v) is 2.09. The second-order valence-electron chi connectivity index (χ2n) is 4.84. The van der Waals surface area contributed by atoms with Crippen molar-refractivity contribution in [3.05, 3.63) is 11.7 Å². The number of nitrogens with zero attached hydrogens (tertiary/aromatic N) is 2. The Balaban J connectivity index is 1.91. The van der Waals surface area contributed by atoms with Crippen LogP contribution >= 0.6 is 0 Å². The highest BCUT2D eigenvalue weighted by Gasteiger charge is 2.38. The van der Waals surface area contributed by atoms with Gasteiger partial charge in [0, 0.05) is 18.4 Å². The SMILES string of the molecule is CCCC(Cc1nc(C2CC2C)no1)NC. The summed E-state index contributed by atoms with van der Waals surface area (Å²) in [7, 11) is 1.99. The quantitative estimate of drug-likeness (QED) is 0.802. The molecule has 1 aromatic rings. The monoisotopic (exact) mass is 223 g/mol. The Hall–Kier alpha value is -0.900. The first-order chi connectivity index (χ1) is 7.74. The fourth-order valence-electron chi connectivity index (χ4n) is 2.09. The Kier molecular flexibility index (Phi) is 3.59. The van der Waals surface area contributed by atoms with E-state index in [1.807, 2.05) is 7.05 Å². The van der Waals surface area contributed by atoms with E-state index in [4.69, 9.17) is 4.52 Å². The maximum Gasteiger partial charge on any atom is 0.228 e. The van der Waals surface area contributed by atoms with Crippen molar-refractivity contribution < 1.29 is 4.52 Å². The van der Waals surface area contributed by atoms with Crippen LogP contribution in [0.5, 0.6) is 0 Å². The first-order valence-corrected chi connectivity index (χ1v) is 6.24. The van der Waals surface area contributed by atoms with E-state index < -0.39 is 0 Å². The molecule has 3 atom stereocenters. The van der Waals surface area contributed by atoms with Gasteiger partial charge in [0.25, 0.3) is 0 Å². The molecule has 0 aromatic carbocycles. The van der Waals surface area contributed by atoms with E-state index >= 15 is 0 Å². The Bertz CT molecular complexity index is 337. The molecule has 1 aliphatic rings. The van der Waals surface area contributed by atoms with Crippen molar-refractivity contribution in [2.75, 3.05) is 7.05 Å². The molecule has 3 unspecified atom stereocenters. The van der Waals surface area contributed by atoms with Crippen molar-refractivity contribution >= 4 is 0 Å². The molecule has 0 spiro atoms. The van der Waals surface area contributed by atoms with Gasteiger partial charge in [-0.3, -0.25) is 0 Å². The largest absolute Gasteiger partial charge is 0.339 e. The average molecular weight is 223 g/mol. The summed E-state index contributed by atoms with van der Waals surface area (Å²) in [5.74, 6) is 2.98. The van der Waals surface area contributed by atoms with Gasteiger partial charge in [-0.25, -0.2) is 0 Å². The molecule has 0 radical (unpaired) electrons. The van der Waals surface area contributed by atoms with Gasteiger partial charge in [-0.2, -0.15) is 4.98 Å². The van der Waals surface area contributed by atoms with Gasteiger partial charge >= 0.3 is 0 Å². The van der Waals surface area contributed by atoms with E-state index in [2.05, 4.69) is 29.3 Å². The lowest BCUT2D eigenvalue weighted by Crippen LogP contribution is -2.27. The van der Waals surface area contributed by atoms with Gasteiger partial charge in [0.2, 0.25) is 5.89 Å². The van der Waals surface area contributed by atoms with Crippen LogP contribution in [0.25, 0.3) is 0 Å². The van der Waals surface area contributed by atoms with Crippen LogP contribution in [0, 0.1) is 5.92 Å². The molecule has 1 aliphatic carbocycles. The van der Waals surface area contributed by atoms with Crippen LogP contribution in [-0.4, -0.2) is 23.2 Å². The van der Waals surface area contributed by atoms with Crippen LogP contribution in [0.4, 0.5) is 0 Å². The summed E-state index contributed by atoms with van der Waals surface area (Å²) in [6.45, 7) is 4.42. The summed E-state index contributed by atoms with van der Waals surface area (Å²) < 4.78 is 5.29. The van der Waals surface area contributed by atoms with Gasteiger partial charge in [0.05, 0.1) is 0 Å². The van der Waals surface area contributed by atoms with Crippen molar-refractivity contribution in [3.63, 3.8) is 0 Å². The molecule has 2 rings (SSSR count). The molecule has 0 saturated heterocycles. The van der Waals surface area contributed by atoms with Crippen LogP contribution in [0.15, 0.2) is 4.52 Å². The van der Waals surface area contributed by atoms with Crippen LogP contribution in [0.2, 0.25) is 0 Å². The molecular weight excluding hydrogens is 202 g/mol. The van der Waals surface area contributed by atoms with Crippen molar-refractivity contribution in [2.45, 2.75) is 51.5 Å². The fraction of sp³-hybridized carbons (Fsp3) is 0.833. The second-order valence-corrected chi connectivity index (χ2v) is 4.84. The Labute approximate surface area is 96.8 Å². The van der Waals surface area contributed by atoms with Crippen molar-refractivity contribution in [3.8, 4) is 0 Å². The minimum atomic E-state index is 0.454. The second kappa shape index (κ2) is 4.95. The van der Waals surface area contributed by atoms with Gasteiger partial charge in [0.1, 0.15) is 0 Å². The Morgan fingerprint density at radius 2 is 2.31 bits per heavy atom. The third-order valence-corrected chi connectivity index (χ3v) is 3.39. The Morgan fingerprint density at radius 3 is 2.88 bits per heavy atom. The lowest BCUT2D eigenvalue weighted by molar-refractivity contribution is 0.352. The van der Waals surface area contributed by atoms with E-state index in [0.29, 0.717) is 12.0 Å². The molecule has 1 N–H and O–H groups in total. The van der Waals surface area contributed by atoms with E-state index in [9.17, 15) is 0 Å². The number of nitrogens with one attached hydrogen (secondary N) is 1. The van der Waals surface area contributed by atoms with Crippen LogP contribution < -0.4 is 5.32 Å². The minimum absolute atomic E-state index is 0.454. The lowest BCUT2D eigenvalue weighted by atomic mass is 10.1. The van der Waals surface area contributed by atoms with E-state index in [-0.39, 0.29) is 0 Å². The van der Waals surface area contributed by atoms with E-state index in [1.165, 1.54) is 12.8 Å². The van der Waals surface area contributed by atoms with Gasteiger partial charge in [-0.05, 0) is 25.8 Å². The highest BCUT2D eigenvalue weighted by atomic mass is 16.5. The molecule has 0 aliphatic heterocycles. The van der Waals surface area contributed by atoms with E-state index in [0.717, 1.165) is 30.5 Å². The number of likely N-dealkylation sites (N-methyl/N-ethyl adjacent to an activating group) is 1. The maximum atomic E-state index is 5.29. The molecule has 16 heavy (non-hydrogen) atoms. The number of aromatic nitrogens is 2. The highest BCUT2D eigenvalue weighted by Crippen LogP contribution is 2.45. The summed E-state index contributed by atoms with van der Waals surface area (Å²) in [6.07, 6.45) is 4.38. The standard InChI is InChI=1S/C12H21N3O/c1-4-5-9(13-3)7-11-14-12(15-16-11)10-6-8(10)2/h8-10,13H,4-7H2,1-3H3. The summed E-state index contributed by atoms with van der Waals surface area (Å²) in [6, 6.07) is 0.454. The molecule has 1 heterocycles. The normalized spacial score (nSPS) is 25.7. The summed E-state index contributed by atoms with van der Waals surface area (Å²) in [4.78, 5) is 4.47. The van der Waals surface area contributed by atoms with Gasteiger partial charge in [0.15, 0.2) is 5.82 Å². The van der Waals surface area contributed by atoms with Gasteiger partial charge < -0.3 is 9.84 Å². The third kappa shape index (κ3) is 2.61. The zero-order valence-electron chi connectivity index (χ0n) is 10.4. The van der Waals surface area contributed by atoms with E-state index in [1.54, 1.807) is 0 Å². The molecule has 0 bridgehead atoms. The topological polar surface area (TPSA) is 51.0 Å². The third-order valence-electron chi connectivity index (χ3n) is 3.39. The molecule has 0 amide bonds. The van der Waals surface area contributed by atoms with Gasteiger partial charge in [-0.1, -0.05) is 25.4 Å². The van der Waals surface area contributed by atoms with Crippen molar-refractivity contribution in [1.29, 1.82) is 0 Å². The first kappa shape index (κ1) is 11.6. The predicted octanol–water partition coefficient (Wildman–Crippen LogP) is 2.12. The summed E-state index contributed by atoms with van der Waals surface area (Å²) in [5.41, 5.74) is 0. The highest BCUT2D eigenvalue weighted by molar-refractivity contribution is 5.07. The molecular formula is C12H21N3O. The maximum absolute atomic E-state index is 5.29. The van der Waals surface area contributed by atoms with Gasteiger partial charge in [-0.15, -0.1) is 0 Å². The molecule has 1 fully saturated rings. The predicted molar refractivity (Wildman–Crippen MR) is 62.3 cm³/mol. The lowest BCUT2D eigenvalue weighted by Gasteiger charge is -2.11. The summed E-state index contributed by atoms with van der Waals surface area (Å²) >= 11 is 0. The smallest absolute Gasteiger partial charge is 0.228 e. The minimum Gasteiger partial charge on any atom is -0.339 e. The van der Waals surface area contributed by atoms with Crippen LogP contribution in [0.3, 0.4) is 0 Å².